The van der Waals surface area contributed by atoms with E-state index in [1.54, 1.807) is 9.13 Å². The van der Waals surface area contributed by atoms with Crippen LogP contribution in [0.5, 0.6) is 0 Å². The SMILES string of the molecule is CCn1c(=O)n(CC)c2cc(NC(=O)Cc3ccccc3)ccc21. The van der Waals surface area contributed by atoms with E-state index in [1.807, 2.05) is 62.4 Å². The van der Waals surface area contributed by atoms with Crippen molar-refractivity contribution in [2.75, 3.05) is 5.32 Å². The minimum atomic E-state index is -0.0686. The predicted molar refractivity (Wildman–Crippen MR) is 96.3 cm³/mol. The fourth-order valence-corrected chi connectivity index (χ4v) is 3.00. The molecular weight excluding hydrogens is 302 g/mol. The molecule has 0 atom stereocenters. The zero-order chi connectivity index (χ0) is 17.1. The molecule has 5 heteroatoms. The summed E-state index contributed by atoms with van der Waals surface area (Å²) in [6.07, 6.45) is 0.329. The van der Waals surface area contributed by atoms with Gasteiger partial charge in [-0.2, -0.15) is 0 Å². The molecule has 0 unspecified atom stereocenters. The number of imidazole rings is 1. The molecule has 1 heterocycles. The van der Waals surface area contributed by atoms with Crippen LogP contribution >= 0.6 is 0 Å². The second-order valence-corrected chi connectivity index (χ2v) is 5.69. The molecule has 0 saturated heterocycles. The number of carbonyl (C=O) groups excluding carboxylic acids is 1. The molecule has 0 spiro atoms. The van der Waals surface area contributed by atoms with E-state index in [4.69, 9.17) is 0 Å². The second kappa shape index (κ2) is 6.74. The smallest absolute Gasteiger partial charge is 0.326 e. The van der Waals surface area contributed by atoms with Crippen molar-refractivity contribution in [2.24, 2.45) is 0 Å². The van der Waals surface area contributed by atoms with Gasteiger partial charge in [-0.3, -0.25) is 13.9 Å². The van der Waals surface area contributed by atoms with Crippen LogP contribution in [0.1, 0.15) is 19.4 Å². The van der Waals surface area contributed by atoms with Crippen molar-refractivity contribution in [1.82, 2.24) is 9.13 Å². The van der Waals surface area contributed by atoms with Crippen molar-refractivity contribution in [3.05, 3.63) is 64.6 Å². The first-order valence-corrected chi connectivity index (χ1v) is 8.21. The molecule has 0 fully saturated rings. The van der Waals surface area contributed by atoms with E-state index >= 15 is 0 Å². The van der Waals surface area contributed by atoms with Crippen molar-refractivity contribution in [3.63, 3.8) is 0 Å². The first-order valence-electron chi connectivity index (χ1n) is 8.21. The van der Waals surface area contributed by atoms with E-state index < -0.39 is 0 Å². The number of aromatic nitrogens is 2. The highest BCUT2D eigenvalue weighted by molar-refractivity contribution is 5.94. The number of nitrogens with zero attached hydrogens (tertiary/aromatic N) is 2. The van der Waals surface area contributed by atoms with Crippen molar-refractivity contribution in [3.8, 4) is 0 Å². The Hall–Kier alpha value is -2.82. The number of anilines is 1. The summed E-state index contributed by atoms with van der Waals surface area (Å²) < 4.78 is 3.47. The molecule has 2 aromatic carbocycles. The molecule has 0 saturated carbocycles. The first-order chi connectivity index (χ1) is 11.6. The van der Waals surface area contributed by atoms with Crippen LogP contribution < -0.4 is 11.0 Å². The van der Waals surface area contributed by atoms with E-state index in [2.05, 4.69) is 5.32 Å². The lowest BCUT2D eigenvalue weighted by atomic mass is 10.1. The summed E-state index contributed by atoms with van der Waals surface area (Å²) in [4.78, 5) is 24.6. The van der Waals surface area contributed by atoms with Crippen LogP contribution in [-0.2, 0) is 24.3 Å². The number of amides is 1. The van der Waals surface area contributed by atoms with Gasteiger partial charge < -0.3 is 5.32 Å². The number of fused-ring (bicyclic) bond motifs is 1. The van der Waals surface area contributed by atoms with Crippen LogP contribution in [0.4, 0.5) is 5.69 Å². The Morgan fingerprint density at radius 3 is 2.29 bits per heavy atom. The van der Waals surface area contributed by atoms with E-state index in [0.717, 1.165) is 16.6 Å². The van der Waals surface area contributed by atoms with E-state index in [-0.39, 0.29) is 11.6 Å². The monoisotopic (exact) mass is 323 g/mol. The Balaban J connectivity index is 1.88. The lowest BCUT2D eigenvalue weighted by Crippen LogP contribution is -2.23. The maximum atomic E-state index is 12.4. The van der Waals surface area contributed by atoms with Gasteiger partial charge in [-0.25, -0.2) is 4.79 Å². The molecule has 1 aromatic heterocycles. The van der Waals surface area contributed by atoms with Gasteiger partial charge in [-0.05, 0) is 37.6 Å². The highest BCUT2D eigenvalue weighted by atomic mass is 16.2. The largest absolute Gasteiger partial charge is 0.329 e. The Kier molecular flexibility index (Phi) is 4.51. The molecule has 0 aliphatic rings. The number of hydrogen-bond donors (Lipinski definition) is 1. The Morgan fingerprint density at radius 2 is 1.62 bits per heavy atom. The minimum Gasteiger partial charge on any atom is -0.326 e. The van der Waals surface area contributed by atoms with Gasteiger partial charge in [0.2, 0.25) is 5.91 Å². The number of nitrogens with one attached hydrogen (secondary N) is 1. The number of hydrogen-bond acceptors (Lipinski definition) is 2. The molecule has 0 radical (unpaired) electrons. The third-order valence-electron chi connectivity index (χ3n) is 4.14. The molecule has 5 nitrogen and oxygen atoms in total. The summed E-state index contributed by atoms with van der Waals surface area (Å²) in [6, 6.07) is 15.2. The zero-order valence-corrected chi connectivity index (χ0v) is 14.0. The van der Waals surface area contributed by atoms with Crippen molar-refractivity contribution < 1.29 is 4.79 Å². The summed E-state index contributed by atoms with van der Waals surface area (Å²) in [5.41, 5.74) is 3.41. The standard InChI is InChI=1S/C19H21N3O2/c1-3-21-16-11-10-15(13-17(16)22(4-2)19(21)24)20-18(23)12-14-8-6-5-7-9-14/h5-11,13H,3-4,12H2,1-2H3,(H,20,23). The highest BCUT2D eigenvalue weighted by Gasteiger charge is 2.12. The number of benzene rings is 2. The normalized spacial score (nSPS) is 10.9. The number of rotatable bonds is 5. The van der Waals surface area contributed by atoms with Gasteiger partial charge in [0.25, 0.3) is 0 Å². The lowest BCUT2D eigenvalue weighted by Gasteiger charge is -2.07. The van der Waals surface area contributed by atoms with Crippen molar-refractivity contribution in [2.45, 2.75) is 33.4 Å². The number of carbonyl (C=O) groups is 1. The van der Waals surface area contributed by atoms with Gasteiger partial charge in [0.05, 0.1) is 17.5 Å². The predicted octanol–water partition coefficient (Wildman–Crippen LogP) is 3.02. The molecule has 0 aliphatic carbocycles. The molecule has 0 aliphatic heterocycles. The fourth-order valence-electron chi connectivity index (χ4n) is 3.00. The summed E-state index contributed by atoms with van der Waals surface area (Å²) in [7, 11) is 0. The lowest BCUT2D eigenvalue weighted by molar-refractivity contribution is -0.115. The third kappa shape index (κ3) is 2.97. The van der Waals surface area contributed by atoms with Crippen molar-refractivity contribution in [1.29, 1.82) is 0 Å². The van der Waals surface area contributed by atoms with Crippen LogP contribution in [0.3, 0.4) is 0 Å². The Bertz CT molecular complexity index is 923. The maximum Gasteiger partial charge on any atom is 0.329 e. The van der Waals surface area contributed by atoms with Crippen LogP contribution in [-0.4, -0.2) is 15.0 Å². The summed E-state index contributed by atoms with van der Waals surface area (Å²) in [5, 5.41) is 2.92. The average Bonchev–Trinajstić information content (AvgIpc) is 2.85. The van der Waals surface area contributed by atoms with Gasteiger partial charge in [0.1, 0.15) is 0 Å². The molecule has 1 N–H and O–H groups in total. The van der Waals surface area contributed by atoms with Crippen LogP contribution in [0.2, 0.25) is 0 Å². The van der Waals surface area contributed by atoms with Gasteiger partial charge in [-0.1, -0.05) is 30.3 Å². The fraction of sp³-hybridized carbons (Fsp3) is 0.263. The maximum absolute atomic E-state index is 12.4. The molecule has 124 valence electrons. The van der Waals surface area contributed by atoms with E-state index in [1.165, 1.54) is 0 Å². The molecule has 24 heavy (non-hydrogen) atoms. The number of aryl methyl sites for hydroxylation is 2. The van der Waals surface area contributed by atoms with Gasteiger partial charge in [-0.15, -0.1) is 0 Å². The van der Waals surface area contributed by atoms with Crippen molar-refractivity contribution >= 4 is 22.6 Å². The van der Waals surface area contributed by atoms with Gasteiger partial charge in [0, 0.05) is 18.8 Å². The molecule has 1 amide bonds. The van der Waals surface area contributed by atoms with Crippen LogP contribution in [0.25, 0.3) is 11.0 Å². The minimum absolute atomic E-state index is 0.0113. The Labute approximate surface area is 140 Å². The average molecular weight is 323 g/mol. The van der Waals surface area contributed by atoms with Crippen LogP contribution in [0.15, 0.2) is 53.3 Å². The first kappa shape index (κ1) is 16.1. The molecular formula is C19H21N3O2. The van der Waals surface area contributed by atoms with Gasteiger partial charge in [0.15, 0.2) is 0 Å². The van der Waals surface area contributed by atoms with E-state index in [0.29, 0.717) is 25.2 Å². The quantitative estimate of drug-likeness (QED) is 0.784. The van der Waals surface area contributed by atoms with E-state index in [9.17, 15) is 9.59 Å². The molecule has 3 aromatic rings. The topological polar surface area (TPSA) is 56.0 Å². The summed E-state index contributed by atoms with van der Waals surface area (Å²) in [6.45, 7) is 5.13. The zero-order valence-electron chi connectivity index (χ0n) is 14.0. The summed E-state index contributed by atoms with van der Waals surface area (Å²) >= 11 is 0. The van der Waals surface area contributed by atoms with Gasteiger partial charge >= 0.3 is 5.69 Å². The Morgan fingerprint density at radius 1 is 0.958 bits per heavy atom. The van der Waals surface area contributed by atoms with Crippen LogP contribution in [0, 0.1) is 0 Å². The highest BCUT2D eigenvalue weighted by Crippen LogP contribution is 2.19. The molecule has 0 bridgehead atoms. The summed E-state index contributed by atoms with van der Waals surface area (Å²) in [5.74, 6) is -0.0686. The third-order valence-corrected chi connectivity index (χ3v) is 4.14. The molecule has 3 rings (SSSR count). The second-order valence-electron chi connectivity index (χ2n) is 5.69.